The van der Waals surface area contributed by atoms with Gasteiger partial charge in [0, 0.05) is 10.0 Å². The smallest absolute Gasteiger partial charge is 0.349 e. The van der Waals surface area contributed by atoms with Crippen LogP contribution in [0.2, 0.25) is 20.1 Å². The Bertz CT molecular complexity index is 772. The summed E-state index contributed by atoms with van der Waals surface area (Å²) in [6.45, 7) is 0. The molecule has 2 atom stereocenters. The average molecular weight is 440 g/mol. The fraction of sp³-hybridized carbons (Fsp3) is 0.125. The van der Waals surface area contributed by atoms with Gasteiger partial charge in [0.15, 0.2) is 0 Å². The maximum absolute atomic E-state index is 11.6. The Kier molecular flexibility index (Phi) is 6.83. The lowest BCUT2D eigenvalue weighted by molar-refractivity contribution is -0.161. The molecule has 0 aliphatic rings. The number of hydrogen-bond donors (Lipinski definition) is 2. The molecule has 10 heteroatoms. The zero-order valence-corrected chi connectivity index (χ0v) is 15.7. The highest BCUT2D eigenvalue weighted by atomic mass is 35.5. The van der Waals surface area contributed by atoms with Gasteiger partial charge in [-0.25, -0.2) is 9.59 Å². The number of carboxylic acid groups (broad SMARTS) is 2. The molecule has 6 nitrogen and oxygen atoms in total. The number of aliphatic carboxylic acids is 2. The van der Waals surface area contributed by atoms with Gasteiger partial charge in [-0.15, -0.1) is 0 Å². The van der Waals surface area contributed by atoms with Crippen LogP contribution in [0, 0.1) is 0 Å². The summed E-state index contributed by atoms with van der Waals surface area (Å²) in [7, 11) is 0. The minimum Gasteiger partial charge on any atom is -0.478 e. The van der Waals surface area contributed by atoms with Gasteiger partial charge in [-0.3, -0.25) is 0 Å². The Morgan fingerprint density at radius 3 is 1.35 bits per heavy atom. The third-order valence-electron chi connectivity index (χ3n) is 3.06. The molecule has 0 saturated heterocycles. The van der Waals surface area contributed by atoms with Gasteiger partial charge in [0.25, 0.3) is 0 Å². The van der Waals surface area contributed by atoms with Gasteiger partial charge in [0.05, 0.1) is 10.0 Å². The molecule has 0 radical (unpaired) electrons. The van der Waals surface area contributed by atoms with Crippen molar-refractivity contribution in [3.63, 3.8) is 0 Å². The van der Waals surface area contributed by atoms with Crippen molar-refractivity contribution in [1.82, 2.24) is 0 Å². The van der Waals surface area contributed by atoms with Crippen LogP contribution in [-0.2, 0) is 9.59 Å². The van der Waals surface area contributed by atoms with Gasteiger partial charge in [0.2, 0.25) is 12.2 Å². The first-order chi connectivity index (χ1) is 12.2. The van der Waals surface area contributed by atoms with Crippen molar-refractivity contribution in [3.8, 4) is 11.5 Å². The van der Waals surface area contributed by atoms with Crippen molar-refractivity contribution < 1.29 is 29.3 Å². The molecule has 0 amide bonds. The van der Waals surface area contributed by atoms with E-state index < -0.39 is 24.1 Å². The molecule has 0 unspecified atom stereocenters. The maximum atomic E-state index is 11.6. The third kappa shape index (κ3) is 5.08. The molecule has 0 spiro atoms. The fourth-order valence-electron chi connectivity index (χ4n) is 1.90. The second-order valence-corrected chi connectivity index (χ2v) is 6.59. The second-order valence-electron chi connectivity index (χ2n) is 4.90. The molecular formula is C16H10Cl4O6. The zero-order valence-electron chi connectivity index (χ0n) is 12.7. The minimum atomic E-state index is -1.92. The van der Waals surface area contributed by atoms with Gasteiger partial charge in [-0.05, 0) is 36.4 Å². The monoisotopic (exact) mass is 438 g/mol. The average Bonchev–Trinajstić information content (AvgIpc) is 2.53. The summed E-state index contributed by atoms with van der Waals surface area (Å²) in [5.41, 5.74) is 0. The van der Waals surface area contributed by atoms with E-state index in [1.165, 1.54) is 36.4 Å². The second kappa shape index (κ2) is 8.68. The molecule has 2 N–H and O–H groups in total. The summed E-state index contributed by atoms with van der Waals surface area (Å²) in [4.78, 5) is 23.1. The van der Waals surface area contributed by atoms with E-state index in [9.17, 15) is 19.8 Å². The van der Waals surface area contributed by atoms with Crippen LogP contribution in [0.3, 0.4) is 0 Å². The number of hydrogen-bond acceptors (Lipinski definition) is 4. The molecule has 0 aliphatic carbocycles. The third-order valence-corrected chi connectivity index (χ3v) is 4.12. The van der Waals surface area contributed by atoms with E-state index in [-0.39, 0.29) is 21.5 Å². The lowest BCUT2D eigenvalue weighted by atomic mass is 10.2. The van der Waals surface area contributed by atoms with Crippen molar-refractivity contribution in [1.29, 1.82) is 0 Å². The molecule has 138 valence electrons. The number of carboxylic acids is 2. The SMILES string of the molecule is O=C(O)[C@@H](Oc1ccc(Cl)cc1Cl)[C@H](Oc1ccc(Cl)cc1Cl)C(=O)O. The first-order valence-electron chi connectivity index (χ1n) is 6.88. The Labute approximate surface area is 167 Å². The molecule has 0 aromatic heterocycles. The Morgan fingerprint density at radius 2 is 1.08 bits per heavy atom. The number of benzene rings is 2. The van der Waals surface area contributed by atoms with Crippen LogP contribution in [0.5, 0.6) is 11.5 Å². The van der Waals surface area contributed by atoms with E-state index in [0.717, 1.165) is 0 Å². The molecule has 0 heterocycles. The highest BCUT2D eigenvalue weighted by Gasteiger charge is 2.39. The lowest BCUT2D eigenvalue weighted by Gasteiger charge is -2.23. The zero-order chi connectivity index (χ0) is 19.4. The van der Waals surface area contributed by atoms with Crippen LogP contribution in [0.25, 0.3) is 0 Å². The van der Waals surface area contributed by atoms with E-state index in [1.54, 1.807) is 0 Å². The van der Waals surface area contributed by atoms with Crippen molar-refractivity contribution in [2.45, 2.75) is 12.2 Å². The van der Waals surface area contributed by atoms with Crippen molar-refractivity contribution >= 4 is 58.3 Å². The van der Waals surface area contributed by atoms with Crippen LogP contribution in [0.15, 0.2) is 36.4 Å². The van der Waals surface area contributed by atoms with E-state index in [1.807, 2.05) is 0 Å². The molecule has 2 rings (SSSR count). The number of rotatable bonds is 7. The highest BCUT2D eigenvalue weighted by molar-refractivity contribution is 6.36. The Morgan fingerprint density at radius 1 is 0.731 bits per heavy atom. The molecule has 26 heavy (non-hydrogen) atoms. The molecule has 2 aromatic carbocycles. The first kappa shape index (κ1) is 20.5. The molecule has 2 aromatic rings. The number of carbonyl (C=O) groups is 2. The molecule has 0 aliphatic heterocycles. The van der Waals surface area contributed by atoms with Crippen LogP contribution in [0.1, 0.15) is 0 Å². The fourth-order valence-corrected chi connectivity index (χ4v) is 2.80. The molecular weight excluding hydrogens is 430 g/mol. The van der Waals surface area contributed by atoms with E-state index >= 15 is 0 Å². The topological polar surface area (TPSA) is 93.1 Å². The van der Waals surface area contributed by atoms with Crippen LogP contribution < -0.4 is 9.47 Å². The van der Waals surface area contributed by atoms with E-state index in [2.05, 4.69) is 0 Å². The molecule has 0 saturated carbocycles. The van der Waals surface area contributed by atoms with Gasteiger partial charge in [0.1, 0.15) is 11.5 Å². The predicted octanol–water partition coefficient (Wildman–Crippen LogP) is 4.66. The maximum Gasteiger partial charge on any atom is 0.349 e. The summed E-state index contributed by atoms with van der Waals surface area (Å²) >= 11 is 23.4. The van der Waals surface area contributed by atoms with Gasteiger partial charge in [-0.2, -0.15) is 0 Å². The molecule has 0 bridgehead atoms. The van der Waals surface area contributed by atoms with E-state index in [0.29, 0.717) is 10.0 Å². The number of halogens is 4. The minimum absolute atomic E-state index is 0.0115. The van der Waals surface area contributed by atoms with Crippen molar-refractivity contribution in [2.75, 3.05) is 0 Å². The van der Waals surface area contributed by atoms with Crippen LogP contribution in [0.4, 0.5) is 0 Å². The summed E-state index contributed by atoms with van der Waals surface area (Å²) in [5, 5.41) is 19.4. The highest BCUT2D eigenvalue weighted by Crippen LogP contribution is 2.31. The van der Waals surface area contributed by atoms with Crippen molar-refractivity contribution in [3.05, 3.63) is 56.5 Å². The van der Waals surface area contributed by atoms with Gasteiger partial charge < -0.3 is 19.7 Å². The van der Waals surface area contributed by atoms with E-state index in [4.69, 9.17) is 55.9 Å². The largest absolute Gasteiger partial charge is 0.478 e. The summed E-state index contributed by atoms with van der Waals surface area (Å²) in [6.07, 6.45) is -3.84. The van der Waals surface area contributed by atoms with Crippen molar-refractivity contribution in [2.24, 2.45) is 0 Å². The van der Waals surface area contributed by atoms with Gasteiger partial charge >= 0.3 is 11.9 Å². The summed E-state index contributed by atoms with van der Waals surface area (Å²) in [5.74, 6) is -3.29. The Hall–Kier alpha value is -1.86. The number of ether oxygens (including phenoxy) is 2. The van der Waals surface area contributed by atoms with Crippen LogP contribution in [-0.4, -0.2) is 34.4 Å². The van der Waals surface area contributed by atoms with Crippen LogP contribution >= 0.6 is 46.4 Å². The summed E-state index contributed by atoms with van der Waals surface area (Å²) < 4.78 is 10.5. The quantitative estimate of drug-likeness (QED) is 0.651. The Balaban J connectivity index is 2.33. The van der Waals surface area contributed by atoms with Gasteiger partial charge in [-0.1, -0.05) is 46.4 Å². The lowest BCUT2D eigenvalue weighted by Crippen LogP contribution is -2.47. The predicted molar refractivity (Wildman–Crippen MR) is 97.0 cm³/mol. The standard InChI is InChI=1S/C16H10Cl4O6/c17-7-1-3-11(9(19)5-7)25-13(15(21)22)14(16(23)24)26-12-4-2-8(18)6-10(12)20/h1-6,13-14H,(H,21,22)(H,23,24)/t13-,14-/m0/s1. The normalized spacial score (nSPS) is 12.9. The summed E-state index contributed by atoms with van der Waals surface area (Å²) in [6, 6.07) is 8.10. The first-order valence-corrected chi connectivity index (χ1v) is 8.39. The molecule has 0 fully saturated rings.